The molecule has 35 heavy (non-hydrogen) atoms. The number of aromatic nitrogens is 3. The van der Waals surface area contributed by atoms with Crippen molar-refractivity contribution < 1.29 is 4.79 Å². The fraction of sp³-hybridized carbons (Fsp3) is 0.407. The van der Waals surface area contributed by atoms with E-state index in [9.17, 15) is 9.59 Å². The van der Waals surface area contributed by atoms with Crippen molar-refractivity contribution in [2.24, 2.45) is 5.92 Å². The van der Waals surface area contributed by atoms with Crippen LogP contribution in [0.1, 0.15) is 42.3 Å². The number of piperazine rings is 1. The van der Waals surface area contributed by atoms with Gasteiger partial charge in [0.25, 0.3) is 5.56 Å². The highest BCUT2D eigenvalue weighted by molar-refractivity contribution is 7.18. The van der Waals surface area contributed by atoms with E-state index in [4.69, 9.17) is 4.98 Å². The van der Waals surface area contributed by atoms with Gasteiger partial charge in [0.1, 0.15) is 5.65 Å². The first-order chi connectivity index (χ1) is 17.2. The second kappa shape index (κ2) is 9.51. The lowest BCUT2D eigenvalue weighted by Gasteiger charge is -2.38. The minimum Gasteiger partial charge on any atom is -0.340 e. The minimum absolute atomic E-state index is 0.0260. The van der Waals surface area contributed by atoms with E-state index in [0.717, 1.165) is 55.0 Å². The van der Waals surface area contributed by atoms with Gasteiger partial charge in [-0.3, -0.25) is 18.9 Å². The van der Waals surface area contributed by atoms with Gasteiger partial charge in [-0.2, -0.15) is 0 Å². The fourth-order valence-electron chi connectivity index (χ4n) is 5.54. The molecule has 6 rings (SSSR count). The number of nitrogens with zero attached hydrogens (tertiary/aromatic N) is 5. The zero-order chi connectivity index (χ0) is 23.8. The zero-order valence-corrected chi connectivity index (χ0v) is 20.5. The molecule has 0 spiro atoms. The number of amides is 1. The van der Waals surface area contributed by atoms with Crippen LogP contribution in [0.3, 0.4) is 0 Å². The number of carbonyl (C=O) groups is 1. The summed E-state index contributed by atoms with van der Waals surface area (Å²) < 4.78 is 2.77. The predicted molar refractivity (Wildman–Crippen MR) is 138 cm³/mol. The molecule has 180 valence electrons. The van der Waals surface area contributed by atoms with Crippen LogP contribution in [0.15, 0.2) is 59.5 Å². The third-order valence-electron chi connectivity index (χ3n) is 7.40. The van der Waals surface area contributed by atoms with Gasteiger partial charge >= 0.3 is 0 Å². The lowest BCUT2D eigenvalue weighted by atomic mass is 9.78. The number of para-hydroxylation sites is 1. The summed E-state index contributed by atoms with van der Waals surface area (Å²) in [6.07, 6.45) is 6.01. The summed E-state index contributed by atoms with van der Waals surface area (Å²) in [5, 5.41) is 1.12. The molecule has 1 aliphatic carbocycles. The summed E-state index contributed by atoms with van der Waals surface area (Å²) in [7, 11) is 0. The van der Waals surface area contributed by atoms with E-state index in [1.165, 1.54) is 4.70 Å². The Kier molecular flexibility index (Phi) is 6.08. The Morgan fingerprint density at radius 1 is 0.971 bits per heavy atom. The second-order valence-corrected chi connectivity index (χ2v) is 10.7. The standard InChI is InChI=1S/C27H29N5O2S/c33-25-17-19(28-24-11-5-6-12-32(24)25)18-30-13-15-31(16-14-30)27(34)21-8-2-1-7-20(21)26-29-22-9-3-4-10-23(22)35-26/h3-6,9-12,17,20-21H,1-2,7-8,13-16,18H2/t20-,21+/m0/s1. The molecule has 0 N–H and O–H groups in total. The molecule has 4 aromatic rings. The quantitative estimate of drug-likeness (QED) is 0.436. The van der Waals surface area contributed by atoms with Crippen molar-refractivity contribution in [2.75, 3.05) is 26.2 Å². The van der Waals surface area contributed by atoms with Crippen molar-refractivity contribution in [1.29, 1.82) is 0 Å². The number of thiazole rings is 1. The second-order valence-electron chi connectivity index (χ2n) is 9.63. The monoisotopic (exact) mass is 487 g/mol. The molecule has 1 saturated carbocycles. The average Bonchev–Trinajstić information content (AvgIpc) is 3.33. The van der Waals surface area contributed by atoms with E-state index in [-0.39, 0.29) is 23.3 Å². The molecule has 0 unspecified atom stereocenters. The van der Waals surface area contributed by atoms with Crippen LogP contribution in [-0.4, -0.2) is 56.3 Å². The van der Waals surface area contributed by atoms with Crippen molar-refractivity contribution in [3.8, 4) is 0 Å². The summed E-state index contributed by atoms with van der Waals surface area (Å²) in [5.41, 5.74) is 2.43. The topological polar surface area (TPSA) is 70.8 Å². The third kappa shape index (κ3) is 4.48. The van der Waals surface area contributed by atoms with E-state index in [1.807, 2.05) is 24.3 Å². The molecule has 1 aliphatic heterocycles. The van der Waals surface area contributed by atoms with Crippen LogP contribution in [0, 0.1) is 5.92 Å². The van der Waals surface area contributed by atoms with Gasteiger partial charge in [-0.05, 0) is 37.1 Å². The van der Waals surface area contributed by atoms with Crippen LogP contribution in [0.25, 0.3) is 15.9 Å². The molecule has 1 aromatic carbocycles. The first-order valence-electron chi connectivity index (χ1n) is 12.5. The maximum absolute atomic E-state index is 13.6. The van der Waals surface area contributed by atoms with Crippen LogP contribution >= 0.6 is 11.3 Å². The summed E-state index contributed by atoms with van der Waals surface area (Å²) in [4.78, 5) is 39.9. The molecule has 3 aromatic heterocycles. The lowest BCUT2D eigenvalue weighted by Crippen LogP contribution is -2.51. The van der Waals surface area contributed by atoms with Gasteiger partial charge in [-0.15, -0.1) is 11.3 Å². The first kappa shape index (κ1) is 22.4. The van der Waals surface area contributed by atoms with Crippen molar-refractivity contribution in [3.63, 3.8) is 0 Å². The molecule has 7 nitrogen and oxygen atoms in total. The van der Waals surface area contributed by atoms with Gasteiger partial charge in [-0.25, -0.2) is 9.97 Å². The Bertz CT molecular complexity index is 1390. The van der Waals surface area contributed by atoms with Crippen LogP contribution in [-0.2, 0) is 11.3 Å². The lowest BCUT2D eigenvalue weighted by molar-refractivity contribution is -0.139. The van der Waals surface area contributed by atoms with Gasteiger partial charge < -0.3 is 4.90 Å². The number of fused-ring (bicyclic) bond motifs is 2. The summed E-state index contributed by atoms with van der Waals surface area (Å²) in [6, 6.07) is 15.5. The van der Waals surface area contributed by atoms with Crippen molar-refractivity contribution in [2.45, 2.75) is 38.1 Å². The maximum atomic E-state index is 13.6. The van der Waals surface area contributed by atoms with Gasteiger partial charge in [0.15, 0.2) is 0 Å². The SMILES string of the molecule is O=C([C@@H]1CCCC[C@@H]1c1nc2ccccc2s1)N1CCN(Cc2cc(=O)n3ccccc3n2)CC1. The van der Waals surface area contributed by atoms with E-state index in [1.54, 1.807) is 28.0 Å². The summed E-state index contributed by atoms with van der Waals surface area (Å²) >= 11 is 1.75. The van der Waals surface area contributed by atoms with E-state index >= 15 is 0 Å². The van der Waals surface area contributed by atoms with E-state index in [0.29, 0.717) is 25.3 Å². The van der Waals surface area contributed by atoms with Crippen molar-refractivity contribution in [3.05, 3.63) is 75.8 Å². The van der Waals surface area contributed by atoms with Crippen LogP contribution < -0.4 is 5.56 Å². The highest BCUT2D eigenvalue weighted by Crippen LogP contribution is 2.41. The molecule has 2 fully saturated rings. The van der Waals surface area contributed by atoms with E-state index < -0.39 is 0 Å². The average molecular weight is 488 g/mol. The summed E-state index contributed by atoms with van der Waals surface area (Å²) in [6.45, 7) is 3.64. The Hall–Kier alpha value is -3.10. The molecular weight excluding hydrogens is 458 g/mol. The van der Waals surface area contributed by atoms with Gasteiger partial charge in [0.05, 0.1) is 20.9 Å². The minimum atomic E-state index is -0.0578. The molecule has 4 heterocycles. The molecule has 1 saturated heterocycles. The van der Waals surface area contributed by atoms with Crippen molar-refractivity contribution in [1.82, 2.24) is 24.2 Å². The highest BCUT2D eigenvalue weighted by Gasteiger charge is 2.37. The predicted octanol–water partition coefficient (Wildman–Crippen LogP) is 3.92. The van der Waals surface area contributed by atoms with Crippen LogP contribution in [0.5, 0.6) is 0 Å². The Balaban J connectivity index is 1.12. The third-order valence-corrected chi connectivity index (χ3v) is 8.57. The van der Waals surface area contributed by atoms with Crippen LogP contribution in [0.4, 0.5) is 0 Å². The van der Waals surface area contributed by atoms with Gasteiger partial charge in [0.2, 0.25) is 5.91 Å². The van der Waals surface area contributed by atoms with E-state index in [2.05, 4.69) is 33.0 Å². The Morgan fingerprint density at radius 3 is 2.63 bits per heavy atom. The smallest absolute Gasteiger partial charge is 0.258 e. The largest absolute Gasteiger partial charge is 0.340 e. The normalized spacial score (nSPS) is 21.5. The number of benzene rings is 1. The fourth-order valence-corrected chi connectivity index (χ4v) is 6.71. The molecule has 0 radical (unpaired) electrons. The van der Waals surface area contributed by atoms with Gasteiger partial charge in [-0.1, -0.05) is 31.0 Å². The van der Waals surface area contributed by atoms with Crippen molar-refractivity contribution >= 4 is 33.1 Å². The number of carbonyl (C=O) groups excluding carboxylic acids is 1. The Labute approximate surface area is 208 Å². The zero-order valence-electron chi connectivity index (χ0n) is 19.7. The molecular formula is C27H29N5O2S. The highest BCUT2D eigenvalue weighted by atomic mass is 32.1. The van der Waals surface area contributed by atoms with Crippen LogP contribution in [0.2, 0.25) is 0 Å². The number of pyridine rings is 1. The number of hydrogen-bond acceptors (Lipinski definition) is 6. The molecule has 2 aliphatic rings. The Morgan fingerprint density at radius 2 is 1.77 bits per heavy atom. The molecule has 2 atom stereocenters. The van der Waals surface area contributed by atoms with Gasteiger partial charge in [0, 0.05) is 56.8 Å². The maximum Gasteiger partial charge on any atom is 0.258 e. The number of rotatable bonds is 4. The first-order valence-corrected chi connectivity index (χ1v) is 13.3. The number of hydrogen-bond donors (Lipinski definition) is 0. The molecule has 1 amide bonds. The molecule has 0 bridgehead atoms. The molecule has 8 heteroatoms. The summed E-state index contributed by atoms with van der Waals surface area (Å²) in [5.74, 6) is 0.537.